The van der Waals surface area contributed by atoms with E-state index in [1.54, 1.807) is 25.1 Å². The topological polar surface area (TPSA) is 57.5 Å². The summed E-state index contributed by atoms with van der Waals surface area (Å²) in [6.07, 6.45) is -0.0379. The summed E-state index contributed by atoms with van der Waals surface area (Å²) in [5.41, 5.74) is 0.803. The Balaban J connectivity index is 2.76. The SMILES string of the molecule is CC(O)CC(Cc1ccccc1Cl)C(=O)O. The first-order valence-electron chi connectivity index (χ1n) is 5.15. The fourth-order valence-electron chi connectivity index (χ4n) is 1.61. The summed E-state index contributed by atoms with van der Waals surface area (Å²) in [4.78, 5) is 11.0. The van der Waals surface area contributed by atoms with Crippen molar-refractivity contribution in [3.8, 4) is 0 Å². The molecule has 1 aromatic rings. The number of aliphatic carboxylic acids is 1. The Morgan fingerprint density at radius 2 is 2.06 bits per heavy atom. The van der Waals surface area contributed by atoms with Gasteiger partial charge in [0.2, 0.25) is 0 Å². The van der Waals surface area contributed by atoms with Crippen LogP contribution in [0.2, 0.25) is 5.02 Å². The zero-order valence-electron chi connectivity index (χ0n) is 9.06. The minimum Gasteiger partial charge on any atom is -0.481 e. The predicted molar refractivity (Wildman–Crippen MR) is 62.6 cm³/mol. The first kappa shape index (κ1) is 13.0. The molecule has 2 atom stereocenters. The van der Waals surface area contributed by atoms with Gasteiger partial charge in [-0.1, -0.05) is 29.8 Å². The van der Waals surface area contributed by atoms with Gasteiger partial charge in [-0.25, -0.2) is 0 Å². The lowest BCUT2D eigenvalue weighted by molar-refractivity contribution is -0.142. The van der Waals surface area contributed by atoms with Crippen molar-refractivity contribution in [3.05, 3.63) is 34.9 Å². The van der Waals surface area contributed by atoms with Crippen LogP contribution in [0.1, 0.15) is 18.9 Å². The van der Waals surface area contributed by atoms with Crippen LogP contribution in [0, 0.1) is 5.92 Å². The maximum atomic E-state index is 11.0. The molecule has 1 rings (SSSR count). The number of carboxylic acid groups (broad SMARTS) is 1. The Hall–Kier alpha value is -1.06. The molecule has 2 N–H and O–H groups in total. The van der Waals surface area contributed by atoms with Crippen LogP contribution in [0.4, 0.5) is 0 Å². The molecule has 0 saturated carbocycles. The molecule has 3 nitrogen and oxygen atoms in total. The Morgan fingerprint density at radius 1 is 1.44 bits per heavy atom. The molecule has 16 heavy (non-hydrogen) atoms. The van der Waals surface area contributed by atoms with E-state index in [2.05, 4.69) is 0 Å². The van der Waals surface area contributed by atoms with Crippen LogP contribution in [0.5, 0.6) is 0 Å². The number of aliphatic hydroxyl groups is 1. The van der Waals surface area contributed by atoms with Crippen molar-refractivity contribution in [2.45, 2.75) is 25.9 Å². The van der Waals surface area contributed by atoms with Gasteiger partial charge in [-0.05, 0) is 31.4 Å². The lowest BCUT2D eigenvalue weighted by Crippen LogP contribution is -2.21. The monoisotopic (exact) mass is 242 g/mol. The maximum Gasteiger partial charge on any atom is 0.306 e. The summed E-state index contributed by atoms with van der Waals surface area (Å²) >= 11 is 5.95. The predicted octanol–water partition coefficient (Wildman–Crippen LogP) is 2.35. The van der Waals surface area contributed by atoms with Crippen LogP contribution < -0.4 is 0 Å². The van der Waals surface area contributed by atoms with Gasteiger partial charge in [0.1, 0.15) is 0 Å². The van der Waals surface area contributed by atoms with Gasteiger partial charge in [0.25, 0.3) is 0 Å². The largest absolute Gasteiger partial charge is 0.481 e. The normalized spacial score (nSPS) is 14.4. The van der Waals surface area contributed by atoms with Crippen molar-refractivity contribution >= 4 is 17.6 Å². The smallest absolute Gasteiger partial charge is 0.306 e. The number of benzene rings is 1. The molecule has 1 aromatic carbocycles. The van der Waals surface area contributed by atoms with Crippen LogP contribution in [0.25, 0.3) is 0 Å². The standard InChI is InChI=1S/C12H15ClO3/c1-8(14)6-10(12(15)16)7-9-4-2-3-5-11(9)13/h2-5,8,10,14H,6-7H2,1H3,(H,15,16). The second-order valence-corrected chi connectivity index (χ2v) is 4.32. The van der Waals surface area contributed by atoms with Crippen molar-refractivity contribution in [1.29, 1.82) is 0 Å². The van der Waals surface area contributed by atoms with E-state index in [-0.39, 0.29) is 6.42 Å². The second kappa shape index (κ2) is 5.87. The Morgan fingerprint density at radius 3 is 2.56 bits per heavy atom. The third-order valence-corrected chi connectivity index (χ3v) is 2.77. The third kappa shape index (κ3) is 3.83. The number of hydrogen-bond acceptors (Lipinski definition) is 2. The zero-order valence-corrected chi connectivity index (χ0v) is 9.81. The van der Waals surface area contributed by atoms with Gasteiger partial charge in [-0.15, -0.1) is 0 Å². The lowest BCUT2D eigenvalue weighted by Gasteiger charge is -2.14. The molecule has 2 unspecified atom stereocenters. The van der Waals surface area contributed by atoms with Crippen LogP contribution >= 0.6 is 11.6 Å². The number of rotatable bonds is 5. The van der Waals surface area contributed by atoms with Gasteiger partial charge in [0.05, 0.1) is 12.0 Å². The third-order valence-electron chi connectivity index (χ3n) is 2.40. The number of carboxylic acids is 1. The fraction of sp³-hybridized carbons (Fsp3) is 0.417. The molecule has 0 saturated heterocycles. The molecule has 4 heteroatoms. The Labute approximate surface area is 99.7 Å². The van der Waals surface area contributed by atoms with Gasteiger partial charge < -0.3 is 10.2 Å². The highest BCUT2D eigenvalue weighted by atomic mass is 35.5. The van der Waals surface area contributed by atoms with Crippen LogP contribution in [-0.4, -0.2) is 22.3 Å². The number of halogens is 1. The highest BCUT2D eigenvalue weighted by molar-refractivity contribution is 6.31. The van der Waals surface area contributed by atoms with E-state index in [0.29, 0.717) is 11.4 Å². The second-order valence-electron chi connectivity index (χ2n) is 3.92. The summed E-state index contributed by atoms with van der Waals surface area (Å²) in [6, 6.07) is 7.16. The highest BCUT2D eigenvalue weighted by Crippen LogP contribution is 2.21. The summed E-state index contributed by atoms with van der Waals surface area (Å²) in [5.74, 6) is -1.50. The molecule has 0 heterocycles. The van der Waals surface area contributed by atoms with Crippen molar-refractivity contribution in [2.75, 3.05) is 0 Å². The van der Waals surface area contributed by atoms with Gasteiger partial charge in [0.15, 0.2) is 0 Å². The average Bonchev–Trinajstić information content (AvgIpc) is 2.19. The molecule has 0 aromatic heterocycles. The highest BCUT2D eigenvalue weighted by Gasteiger charge is 2.20. The first-order valence-corrected chi connectivity index (χ1v) is 5.52. The summed E-state index contributed by atoms with van der Waals surface area (Å²) < 4.78 is 0. The first-order chi connectivity index (χ1) is 7.50. The van der Waals surface area contributed by atoms with Crippen molar-refractivity contribution in [2.24, 2.45) is 5.92 Å². The Bertz CT molecular complexity index is 363. The van der Waals surface area contributed by atoms with E-state index < -0.39 is 18.0 Å². The molecule has 0 bridgehead atoms. The van der Waals surface area contributed by atoms with Gasteiger partial charge in [0, 0.05) is 5.02 Å². The van der Waals surface area contributed by atoms with E-state index in [4.69, 9.17) is 16.7 Å². The molecule has 0 fully saturated rings. The summed E-state index contributed by atoms with van der Waals surface area (Å²) in [5, 5.41) is 18.8. The van der Waals surface area contributed by atoms with Crippen LogP contribution in [0.3, 0.4) is 0 Å². The molecule has 0 spiro atoms. The molecule has 0 aliphatic heterocycles. The summed E-state index contributed by atoms with van der Waals surface area (Å²) in [6.45, 7) is 1.59. The van der Waals surface area contributed by atoms with Crippen LogP contribution in [-0.2, 0) is 11.2 Å². The molecule has 0 amide bonds. The molecule has 0 radical (unpaired) electrons. The molecular formula is C12H15ClO3. The van der Waals surface area contributed by atoms with E-state index in [1.807, 2.05) is 6.07 Å². The van der Waals surface area contributed by atoms with Gasteiger partial charge >= 0.3 is 5.97 Å². The van der Waals surface area contributed by atoms with Crippen molar-refractivity contribution < 1.29 is 15.0 Å². The molecule has 0 aliphatic carbocycles. The molecule has 0 aliphatic rings. The van der Waals surface area contributed by atoms with Crippen molar-refractivity contribution in [3.63, 3.8) is 0 Å². The quantitative estimate of drug-likeness (QED) is 0.833. The minimum atomic E-state index is -0.902. The summed E-state index contributed by atoms with van der Waals surface area (Å²) in [7, 11) is 0. The number of aliphatic hydroxyl groups excluding tert-OH is 1. The number of hydrogen-bond donors (Lipinski definition) is 2. The van der Waals surface area contributed by atoms with E-state index in [0.717, 1.165) is 5.56 Å². The van der Waals surface area contributed by atoms with E-state index >= 15 is 0 Å². The van der Waals surface area contributed by atoms with E-state index in [1.165, 1.54) is 0 Å². The molecular weight excluding hydrogens is 228 g/mol. The van der Waals surface area contributed by atoms with E-state index in [9.17, 15) is 9.90 Å². The lowest BCUT2D eigenvalue weighted by atomic mass is 9.94. The molecule has 88 valence electrons. The number of carbonyl (C=O) groups is 1. The average molecular weight is 243 g/mol. The van der Waals surface area contributed by atoms with Gasteiger partial charge in [-0.3, -0.25) is 4.79 Å². The van der Waals surface area contributed by atoms with Crippen molar-refractivity contribution in [1.82, 2.24) is 0 Å². The van der Waals surface area contributed by atoms with Gasteiger partial charge in [-0.2, -0.15) is 0 Å². The maximum absolute atomic E-state index is 11.0. The Kier molecular flexibility index (Phi) is 4.77. The van der Waals surface area contributed by atoms with Crippen LogP contribution in [0.15, 0.2) is 24.3 Å². The zero-order chi connectivity index (χ0) is 12.1. The minimum absolute atomic E-state index is 0.237. The fourth-order valence-corrected chi connectivity index (χ4v) is 1.83.